The molecule has 0 aliphatic heterocycles. The summed E-state index contributed by atoms with van der Waals surface area (Å²) in [6.45, 7) is 1.70. The maximum atomic E-state index is 11.9. The molecule has 0 fully saturated rings. The highest BCUT2D eigenvalue weighted by Gasteiger charge is 2.31. The van der Waals surface area contributed by atoms with Crippen LogP contribution in [-0.2, 0) is 19.1 Å². The first-order valence-electron chi connectivity index (χ1n) is 12.1. The Balaban J connectivity index is 3.61. The molecule has 0 spiro atoms. The smallest absolute Gasteiger partial charge is 0.435 e. The van der Waals surface area contributed by atoms with Gasteiger partial charge in [0.05, 0.1) is 19.8 Å². The van der Waals surface area contributed by atoms with Crippen LogP contribution in [0.1, 0.15) is 84.0 Å². The van der Waals surface area contributed by atoms with Gasteiger partial charge in [-0.1, -0.05) is 57.8 Å². The van der Waals surface area contributed by atoms with Crippen molar-refractivity contribution in [1.82, 2.24) is 5.32 Å². The lowest BCUT2D eigenvalue weighted by atomic mass is 10.0. The fraction of sp³-hybridized carbons (Fsp3) is 0.870. The zero-order valence-corrected chi connectivity index (χ0v) is 19.8. The lowest BCUT2D eigenvalue weighted by molar-refractivity contribution is -0.131. The Morgan fingerprint density at radius 3 is 1.82 bits per heavy atom. The number of hydrogen-bond acceptors (Lipinski definition) is 9. The third kappa shape index (κ3) is 16.5. The standard InChI is InChI=1S/C23H43NO9/c1-2-32-23(31)33-15-13-11-9-7-5-3-4-6-8-10-12-14-20(28)24-18(16-25)21(29)22(30)19(27)17-26/h16,18-19,21-22,26-27,29-30H,2-15,17H2,1H3,(H,24,28). The first-order valence-corrected chi connectivity index (χ1v) is 12.1. The van der Waals surface area contributed by atoms with E-state index >= 15 is 0 Å². The van der Waals surface area contributed by atoms with Crippen molar-refractivity contribution in [2.75, 3.05) is 19.8 Å². The minimum Gasteiger partial charge on any atom is -0.435 e. The summed E-state index contributed by atoms with van der Waals surface area (Å²) in [6.07, 6.45) is 6.15. The highest BCUT2D eigenvalue weighted by atomic mass is 16.7. The van der Waals surface area contributed by atoms with Crippen molar-refractivity contribution in [3.8, 4) is 0 Å². The van der Waals surface area contributed by atoms with Crippen LogP contribution >= 0.6 is 0 Å². The third-order valence-electron chi connectivity index (χ3n) is 5.30. The van der Waals surface area contributed by atoms with Crippen LogP contribution in [0.2, 0.25) is 0 Å². The summed E-state index contributed by atoms with van der Waals surface area (Å²) in [4.78, 5) is 34.0. The molecule has 0 saturated carbocycles. The maximum absolute atomic E-state index is 11.9. The average Bonchev–Trinajstić information content (AvgIpc) is 2.81. The van der Waals surface area contributed by atoms with Gasteiger partial charge >= 0.3 is 6.16 Å². The number of ether oxygens (including phenoxy) is 2. The van der Waals surface area contributed by atoms with Crippen molar-refractivity contribution in [3.05, 3.63) is 0 Å². The number of aliphatic hydroxyl groups excluding tert-OH is 4. The fourth-order valence-electron chi connectivity index (χ4n) is 3.30. The molecule has 0 aliphatic rings. The summed E-state index contributed by atoms with van der Waals surface area (Å²) in [6, 6.07) is -1.35. The molecule has 0 aromatic carbocycles. The summed E-state index contributed by atoms with van der Waals surface area (Å²) in [5.41, 5.74) is 0. The van der Waals surface area contributed by atoms with Crippen LogP contribution in [0.4, 0.5) is 4.79 Å². The summed E-state index contributed by atoms with van der Waals surface area (Å²) >= 11 is 0. The largest absolute Gasteiger partial charge is 0.508 e. The fourth-order valence-corrected chi connectivity index (χ4v) is 3.30. The van der Waals surface area contributed by atoms with E-state index in [2.05, 4.69) is 10.1 Å². The monoisotopic (exact) mass is 477 g/mol. The Labute approximate surface area is 196 Å². The number of nitrogens with one attached hydrogen (secondary N) is 1. The molecule has 0 aromatic rings. The van der Waals surface area contributed by atoms with Crippen LogP contribution in [0.15, 0.2) is 0 Å². The van der Waals surface area contributed by atoms with Gasteiger partial charge in [-0.25, -0.2) is 4.79 Å². The summed E-state index contributed by atoms with van der Waals surface area (Å²) in [7, 11) is 0. The first-order chi connectivity index (χ1) is 15.9. The van der Waals surface area contributed by atoms with E-state index in [1.807, 2.05) is 0 Å². The predicted molar refractivity (Wildman–Crippen MR) is 121 cm³/mol. The van der Waals surface area contributed by atoms with E-state index in [-0.39, 0.29) is 6.42 Å². The molecule has 194 valence electrons. The molecule has 0 saturated heterocycles. The topological polar surface area (TPSA) is 163 Å². The molecular weight excluding hydrogens is 434 g/mol. The molecule has 0 radical (unpaired) electrons. The normalized spacial score (nSPS) is 14.7. The molecule has 4 unspecified atom stereocenters. The Morgan fingerprint density at radius 1 is 0.818 bits per heavy atom. The molecule has 10 nitrogen and oxygen atoms in total. The van der Waals surface area contributed by atoms with Crippen LogP contribution < -0.4 is 5.32 Å². The molecule has 10 heteroatoms. The van der Waals surface area contributed by atoms with Crippen LogP contribution in [0.5, 0.6) is 0 Å². The number of aliphatic hydroxyl groups is 4. The van der Waals surface area contributed by atoms with Crippen molar-refractivity contribution < 1.29 is 44.3 Å². The molecular formula is C23H43NO9. The van der Waals surface area contributed by atoms with Gasteiger partial charge in [-0.3, -0.25) is 4.79 Å². The van der Waals surface area contributed by atoms with E-state index in [0.29, 0.717) is 25.9 Å². The van der Waals surface area contributed by atoms with Crippen molar-refractivity contribution in [2.24, 2.45) is 0 Å². The molecule has 0 aliphatic carbocycles. The van der Waals surface area contributed by atoms with E-state index in [9.17, 15) is 29.7 Å². The number of rotatable bonds is 21. The van der Waals surface area contributed by atoms with Gasteiger partial charge in [0, 0.05) is 6.42 Å². The van der Waals surface area contributed by atoms with E-state index < -0.39 is 43.0 Å². The second kappa shape index (κ2) is 20.8. The second-order valence-electron chi connectivity index (χ2n) is 8.13. The number of unbranched alkanes of at least 4 members (excludes halogenated alkanes) is 10. The van der Waals surface area contributed by atoms with E-state index in [1.54, 1.807) is 6.92 Å². The minimum absolute atomic E-state index is 0.204. The number of amides is 1. The zero-order chi connectivity index (χ0) is 24.9. The van der Waals surface area contributed by atoms with Crippen LogP contribution in [0.3, 0.4) is 0 Å². The minimum atomic E-state index is -1.74. The lowest BCUT2D eigenvalue weighted by Gasteiger charge is -2.26. The van der Waals surface area contributed by atoms with Crippen LogP contribution in [0, 0.1) is 0 Å². The number of hydrogen-bond donors (Lipinski definition) is 5. The first kappa shape index (κ1) is 31.2. The maximum Gasteiger partial charge on any atom is 0.508 e. The Kier molecular flexibility index (Phi) is 19.7. The van der Waals surface area contributed by atoms with E-state index in [4.69, 9.17) is 9.84 Å². The summed E-state index contributed by atoms with van der Waals surface area (Å²) in [5, 5.41) is 40.0. The predicted octanol–water partition coefficient (Wildman–Crippen LogP) is 1.60. The number of carbonyl (C=O) groups is 3. The highest BCUT2D eigenvalue weighted by molar-refractivity contribution is 5.79. The molecule has 33 heavy (non-hydrogen) atoms. The van der Waals surface area contributed by atoms with Gasteiger partial charge in [0.1, 0.15) is 30.6 Å². The number of carbonyl (C=O) groups excluding carboxylic acids is 3. The highest BCUT2D eigenvalue weighted by Crippen LogP contribution is 2.12. The van der Waals surface area contributed by atoms with Gasteiger partial charge in [-0.2, -0.15) is 0 Å². The Morgan fingerprint density at radius 2 is 1.33 bits per heavy atom. The van der Waals surface area contributed by atoms with Gasteiger partial charge < -0.3 is 40.0 Å². The Hall–Kier alpha value is -1.75. The van der Waals surface area contributed by atoms with Crippen molar-refractivity contribution in [2.45, 2.75) is 108 Å². The average molecular weight is 478 g/mol. The van der Waals surface area contributed by atoms with Crippen molar-refractivity contribution in [1.29, 1.82) is 0 Å². The van der Waals surface area contributed by atoms with E-state index in [0.717, 1.165) is 51.4 Å². The molecule has 4 atom stereocenters. The van der Waals surface area contributed by atoms with Gasteiger partial charge in [0.15, 0.2) is 0 Å². The molecule has 0 heterocycles. The van der Waals surface area contributed by atoms with Gasteiger partial charge in [0.2, 0.25) is 5.91 Å². The number of aldehydes is 1. The van der Waals surface area contributed by atoms with Gasteiger partial charge in [-0.05, 0) is 19.8 Å². The van der Waals surface area contributed by atoms with Gasteiger partial charge in [0.25, 0.3) is 0 Å². The quantitative estimate of drug-likeness (QED) is 0.0938. The SMILES string of the molecule is CCOC(=O)OCCCCCCCCCCCCCC(=O)NC(C=O)C(O)C(O)C(O)CO. The molecule has 0 rings (SSSR count). The molecule has 1 amide bonds. The van der Waals surface area contributed by atoms with Crippen molar-refractivity contribution >= 4 is 18.3 Å². The van der Waals surface area contributed by atoms with E-state index in [1.165, 1.54) is 12.8 Å². The molecule has 0 aromatic heterocycles. The Bertz CT molecular complexity index is 518. The summed E-state index contributed by atoms with van der Waals surface area (Å²) in [5.74, 6) is -0.413. The molecule has 5 N–H and O–H groups in total. The summed E-state index contributed by atoms with van der Waals surface area (Å²) < 4.78 is 9.59. The lowest BCUT2D eigenvalue weighted by Crippen LogP contribution is -2.53. The molecule has 0 bridgehead atoms. The third-order valence-corrected chi connectivity index (χ3v) is 5.30. The van der Waals surface area contributed by atoms with Crippen LogP contribution in [0.25, 0.3) is 0 Å². The van der Waals surface area contributed by atoms with Crippen molar-refractivity contribution in [3.63, 3.8) is 0 Å². The second-order valence-corrected chi connectivity index (χ2v) is 8.13. The van der Waals surface area contributed by atoms with Crippen LogP contribution in [-0.4, -0.2) is 82.9 Å². The van der Waals surface area contributed by atoms with Gasteiger partial charge in [-0.15, -0.1) is 0 Å². The zero-order valence-electron chi connectivity index (χ0n) is 19.8.